The maximum atomic E-state index is 12.6. The Kier molecular flexibility index (Phi) is 7.17. The van der Waals surface area contributed by atoms with Crippen molar-refractivity contribution < 1.29 is 14.3 Å². The Bertz CT molecular complexity index is 1200. The molecule has 34 heavy (non-hydrogen) atoms. The number of nitrogens with zero attached hydrogens (tertiary/aromatic N) is 3. The van der Waals surface area contributed by atoms with Crippen molar-refractivity contribution in [3.63, 3.8) is 0 Å². The first-order valence-corrected chi connectivity index (χ1v) is 12.0. The molecule has 0 fully saturated rings. The van der Waals surface area contributed by atoms with Crippen LogP contribution in [0.4, 0.5) is 0 Å². The van der Waals surface area contributed by atoms with Crippen molar-refractivity contribution in [3.8, 4) is 11.5 Å². The number of nitrogens with one attached hydrogen (secondary N) is 1. The maximum Gasteiger partial charge on any atom is 0.283 e. The minimum absolute atomic E-state index is 0.0464. The summed E-state index contributed by atoms with van der Waals surface area (Å²) in [5, 5.41) is 15.7. The summed E-state index contributed by atoms with van der Waals surface area (Å²) < 4.78 is 11.6. The molecule has 0 spiro atoms. The molecule has 0 unspecified atom stereocenters. The first-order valence-electron chi connectivity index (χ1n) is 11.2. The summed E-state index contributed by atoms with van der Waals surface area (Å²) >= 11 is 1.36. The van der Waals surface area contributed by atoms with Crippen molar-refractivity contribution in [2.75, 3.05) is 13.2 Å². The lowest BCUT2D eigenvalue weighted by molar-refractivity contribution is -0.114. The summed E-state index contributed by atoms with van der Waals surface area (Å²) in [6, 6.07) is 13.4. The number of fused-ring (bicyclic) bond motifs is 1. The van der Waals surface area contributed by atoms with Gasteiger partial charge in [-0.1, -0.05) is 43.7 Å². The number of amidine groups is 2. The van der Waals surface area contributed by atoms with E-state index in [2.05, 4.69) is 36.9 Å². The number of amides is 1. The number of ether oxygens (including phenoxy) is 2. The molecule has 0 aliphatic carbocycles. The number of carbonyl (C=O) groups is 1. The van der Waals surface area contributed by atoms with Gasteiger partial charge in [0.2, 0.25) is 5.17 Å². The zero-order chi connectivity index (χ0) is 24.2. The van der Waals surface area contributed by atoms with Gasteiger partial charge in [0.15, 0.2) is 5.84 Å². The van der Waals surface area contributed by atoms with E-state index < -0.39 is 5.91 Å². The Hall–Kier alpha value is -3.39. The number of aliphatic imine (C=N–C) groups is 1. The van der Waals surface area contributed by atoms with Gasteiger partial charge in [-0.05, 0) is 66.9 Å². The van der Waals surface area contributed by atoms with Crippen molar-refractivity contribution in [2.24, 2.45) is 16.0 Å². The summed E-state index contributed by atoms with van der Waals surface area (Å²) in [6.07, 6.45) is 2.45. The van der Waals surface area contributed by atoms with Gasteiger partial charge < -0.3 is 9.47 Å². The molecule has 0 saturated carbocycles. The highest BCUT2D eigenvalue weighted by Crippen LogP contribution is 2.30. The van der Waals surface area contributed by atoms with Crippen molar-refractivity contribution in [1.82, 2.24) is 5.01 Å². The van der Waals surface area contributed by atoms with Gasteiger partial charge in [0, 0.05) is 6.42 Å². The van der Waals surface area contributed by atoms with E-state index >= 15 is 0 Å². The molecule has 8 heteroatoms. The minimum Gasteiger partial charge on any atom is -0.490 e. The molecule has 2 heterocycles. The average Bonchev–Trinajstić information content (AvgIpc) is 3.18. The molecular formula is C26H28N4O3S. The van der Waals surface area contributed by atoms with Gasteiger partial charge in [-0.3, -0.25) is 10.2 Å². The van der Waals surface area contributed by atoms with Crippen LogP contribution in [0.25, 0.3) is 6.08 Å². The quantitative estimate of drug-likeness (QED) is 0.406. The molecule has 2 aromatic rings. The Labute approximate surface area is 204 Å². The first-order chi connectivity index (χ1) is 16.3. The van der Waals surface area contributed by atoms with Crippen LogP contribution in [-0.4, -0.2) is 40.2 Å². The van der Waals surface area contributed by atoms with E-state index in [4.69, 9.17) is 14.9 Å². The molecule has 2 aliphatic rings. The lowest BCUT2D eigenvalue weighted by Gasteiger charge is -2.20. The Balaban J connectivity index is 1.35. The second kappa shape index (κ2) is 10.3. The number of carbonyl (C=O) groups excluding carboxylic acids is 1. The highest BCUT2D eigenvalue weighted by Gasteiger charge is 2.35. The van der Waals surface area contributed by atoms with Crippen LogP contribution in [0.1, 0.15) is 37.0 Å². The fraction of sp³-hybridized carbons (Fsp3) is 0.308. The molecule has 0 saturated heterocycles. The third-order valence-corrected chi connectivity index (χ3v) is 6.14. The number of aryl methyl sites for hydroxylation is 2. The Morgan fingerprint density at radius 1 is 1.09 bits per heavy atom. The molecule has 0 bridgehead atoms. The number of hydrazone groups is 1. The van der Waals surface area contributed by atoms with E-state index in [1.54, 1.807) is 6.08 Å². The van der Waals surface area contributed by atoms with Crippen molar-refractivity contribution in [1.29, 1.82) is 5.41 Å². The highest BCUT2D eigenvalue weighted by molar-refractivity contribution is 8.26. The molecule has 4 rings (SSSR count). The zero-order valence-electron chi connectivity index (χ0n) is 19.8. The van der Waals surface area contributed by atoms with E-state index in [0.29, 0.717) is 30.0 Å². The van der Waals surface area contributed by atoms with E-state index in [9.17, 15) is 4.79 Å². The maximum absolute atomic E-state index is 12.6. The van der Waals surface area contributed by atoms with Crippen LogP contribution in [-0.2, 0) is 4.79 Å². The topological polar surface area (TPSA) is 87.3 Å². The second-order valence-electron chi connectivity index (χ2n) is 8.65. The number of rotatable bonds is 8. The van der Waals surface area contributed by atoms with Gasteiger partial charge >= 0.3 is 0 Å². The van der Waals surface area contributed by atoms with E-state index in [1.807, 2.05) is 43.3 Å². The molecule has 2 aliphatic heterocycles. The third-order valence-electron chi connectivity index (χ3n) is 5.21. The molecule has 1 amide bonds. The fourth-order valence-electron chi connectivity index (χ4n) is 3.56. The smallest absolute Gasteiger partial charge is 0.283 e. The van der Waals surface area contributed by atoms with E-state index in [1.165, 1.54) is 22.3 Å². The van der Waals surface area contributed by atoms with Crippen LogP contribution >= 0.6 is 11.8 Å². The molecule has 1 N–H and O–H groups in total. The van der Waals surface area contributed by atoms with Gasteiger partial charge in [-0.2, -0.15) is 15.1 Å². The molecule has 7 nitrogen and oxygen atoms in total. The summed E-state index contributed by atoms with van der Waals surface area (Å²) in [5.41, 5.74) is 3.31. The Morgan fingerprint density at radius 3 is 2.53 bits per heavy atom. The molecule has 0 atom stereocenters. The van der Waals surface area contributed by atoms with Crippen LogP contribution in [0.3, 0.4) is 0 Å². The number of benzene rings is 2. The summed E-state index contributed by atoms with van der Waals surface area (Å²) in [4.78, 5) is 16.7. The van der Waals surface area contributed by atoms with Gasteiger partial charge in [0.05, 0.1) is 5.57 Å². The van der Waals surface area contributed by atoms with Crippen LogP contribution in [0.5, 0.6) is 11.5 Å². The highest BCUT2D eigenvalue weighted by atomic mass is 32.2. The first kappa shape index (κ1) is 23.8. The van der Waals surface area contributed by atoms with Crippen molar-refractivity contribution in [3.05, 3.63) is 64.7 Å². The summed E-state index contributed by atoms with van der Waals surface area (Å²) in [7, 11) is 0. The number of thioether (sulfide) groups is 1. The predicted octanol–water partition coefficient (Wildman–Crippen LogP) is 5.43. The van der Waals surface area contributed by atoms with Gasteiger partial charge in [-0.15, -0.1) is 0 Å². The second-order valence-corrected chi connectivity index (χ2v) is 9.69. The van der Waals surface area contributed by atoms with Gasteiger partial charge in [0.1, 0.15) is 29.8 Å². The van der Waals surface area contributed by atoms with Crippen molar-refractivity contribution in [2.45, 2.75) is 34.1 Å². The Morgan fingerprint density at radius 2 is 1.82 bits per heavy atom. The molecule has 0 aromatic heterocycles. The fourth-order valence-corrected chi connectivity index (χ4v) is 4.66. The lowest BCUT2D eigenvalue weighted by Crippen LogP contribution is -2.35. The SMILES string of the molecule is Cc1ccc(OCCOc2ccc(/C=C3\C(=N)N4N=C(CC(C)C)SC4=NC3=O)cc2)c(C)c1. The molecule has 2 aromatic carbocycles. The normalized spacial score (nSPS) is 16.6. The molecule has 0 radical (unpaired) electrons. The predicted molar refractivity (Wildman–Crippen MR) is 138 cm³/mol. The zero-order valence-corrected chi connectivity index (χ0v) is 20.6. The lowest BCUT2D eigenvalue weighted by atomic mass is 10.1. The molecular weight excluding hydrogens is 448 g/mol. The standard InChI is InChI=1S/C26H28N4O3S/c1-16(2)13-23-29-30-24(27)21(25(31)28-26(30)34-23)15-19-6-8-20(9-7-19)32-11-12-33-22-10-5-17(3)14-18(22)4/h5-10,14-16,27H,11-13H2,1-4H3/b21-15+,27-24?. The van der Waals surface area contributed by atoms with E-state index in [-0.39, 0.29) is 11.4 Å². The monoisotopic (exact) mass is 476 g/mol. The molecule has 176 valence electrons. The number of hydrogen-bond acceptors (Lipinski definition) is 6. The largest absolute Gasteiger partial charge is 0.490 e. The van der Waals surface area contributed by atoms with Crippen LogP contribution in [0.2, 0.25) is 0 Å². The van der Waals surface area contributed by atoms with Crippen LogP contribution in [0.15, 0.2) is 58.1 Å². The number of hydrogen-bond donors (Lipinski definition) is 1. The summed E-state index contributed by atoms with van der Waals surface area (Å²) in [5.74, 6) is 1.63. The van der Waals surface area contributed by atoms with Crippen molar-refractivity contribution >= 4 is 39.8 Å². The van der Waals surface area contributed by atoms with Crippen LogP contribution < -0.4 is 9.47 Å². The van der Waals surface area contributed by atoms with Crippen LogP contribution in [0, 0.1) is 25.2 Å². The third kappa shape index (κ3) is 5.56. The minimum atomic E-state index is -0.423. The van der Waals surface area contributed by atoms with E-state index in [0.717, 1.165) is 28.3 Å². The average molecular weight is 477 g/mol. The van der Waals surface area contributed by atoms with Gasteiger partial charge in [0.25, 0.3) is 5.91 Å². The van der Waals surface area contributed by atoms with Gasteiger partial charge in [-0.25, -0.2) is 0 Å². The summed E-state index contributed by atoms with van der Waals surface area (Å²) in [6.45, 7) is 9.15.